The van der Waals surface area contributed by atoms with E-state index in [-0.39, 0.29) is 6.92 Å². The van der Waals surface area contributed by atoms with E-state index < -0.39 is 29.8 Å². The number of ether oxygens (including phenoxy) is 1. The lowest BCUT2D eigenvalue weighted by molar-refractivity contribution is -0.327. The van der Waals surface area contributed by atoms with Crippen molar-refractivity contribution in [3.63, 3.8) is 0 Å². The van der Waals surface area contributed by atoms with E-state index in [0.29, 0.717) is 25.7 Å². The zero-order valence-corrected chi connectivity index (χ0v) is 10.2. The molecule has 1 rings (SSSR count). The average molecular weight is 292 g/mol. The minimum atomic E-state index is -5.74. The van der Waals surface area contributed by atoms with Gasteiger partial charge in [0, 0.05) is 0 Å². The van der Waals surface area contributed by atoms with Crippen LogP contribution >= 0.6 is 0 Å². The Morgan fingerprint density at radius 2 is 1.37 bits per heavy atom. The van der Waals surface area contributed by atoms with Crippen LogP contribution in [0.2, 0.25) is 0 Å². The molecule has 0 saturated heterocycles. The smallest absolute Gasteiger partial charge is 0.413 e. The molecule has 0 aromatic rings. The largest absolute Gasteiger partial charge is 0.461 e. The summed E-state index contributed by atoms with van der Waals surface area (Å²) in [4.78, 5) is 11.4. The van der Waals surface area contributed by atoms with Crippen molar-refractivity contribution < 1.29 is 35.9 Å². The first-order chi connectivity index (χ1) is 8.50. The van der Waals surface area contributed by atoms with Crippen LogP contribution in [0.4, 0.5) is 26.3 Å². The van der Waals surface area contributed by atoms with Crippen molar-refractivity contribution >= 4 is 5.97 Å². The van der Waals surface area contributed by atoms with E-state index in [1.165, 1.54) is 0 Å². The van der Waals surface area contributed by atoms with E-state index in [9.17, 15) is 31.1 Å². The molecule has 0 atom stereocenters. The molecule has 2 nitrogen and oxygen atoms in total. The Morgan fingerprint density at radius 3 is 1.74 bits per heavy atom. The molecule has 1 aliphatic rings. The van der Waals surface area contributed by atoms with Gasteiger partial charge in [0.2, 0.25) is 0 Å². The SMILES string of the molecule is CC(C(=O)OC1CCCCC1)(C(F)(F)F)C(F)(F)F. The molecule has 112 valence electrons. The van der Waals surface area contributed by atoms with Gasteiger partial charge in [-0.1, -0.05) is 6.42 Å². The Bertz CT molecular complexity index is 313. The fourth-order valence-electron chi connectivity index (χ4n) is 1.84. The molecule has 0 unspecified atom stereocenters. The van der Waals surface area contributed by atoms with Crippen molar-refractivity contribution in [2.45, 2.75) is 57.5 Å². The summed E-state index contributed by atoms with van der Waals surface area (Å²) >= 11 is 0. The van der Waals surface area contributed by atoms with Crippen LogP contribution in [0, 0.1) is 5.41 Å². The molecule has 0 aromatic heterocycles. The predicted molar refractivity (Wildman–Crippen MR) is 53.2 cm³/mol. The van der Waals surface area contributed by atoms with E-state index in [1.54, 1.807) is 0 Å². The highest BCUT2D eigenvalue weighted by Gasteiger charge is 2.73. The minimum Gasteiger partial charge on any atom is -0.461 e. The molecule has 0 aliphatic heterocycles. The highest BCUT2D eigenvalue weighted by atomic mass is 19.4. The third kappa shape index (κ3) is 3.14. The average Bonchev–Trinajstić information content (AvgIpc) is 2.26. The van der Waals surface area contributed by atoms with E-state index in [2.05, 4.69) is 4.74 Å². The third-order valence-corrected chi connectivity index (χ3v) is 3.37. The maximum absolute atomic E-state index is 12.6. The first kappa shape index (κ1) is 16.1. The third-order valence-electron chi connectivity index (χ3n) is 3.37. The molecule has 0 heterocycles. The van der Waals surface area contributed by atoms with Gasteiger partial charge in [0.1, 0.15) is 6.10 Å². The summed E-state index contributed by atoms with van der Waals surface area (Å²) in [6.45, 7) is -0.182. The normalized spacial score (nSPS) is 19.3. The molecular formula is C11H14F6O2. The molecule has 1 fully saturated rings. The van der Waals surface area contributed by atoms with E-state index in [0.717, 1.165) is 6.42 Å². The number of carbonyl (C=O) groups excluding carboxylic acids is 1. The van der Waals surface area contributed by atoms with Gasteiger partial charge >= 0.3 is 18.3 Å². The first-order valence-electron chi connectivity index (χ1n) is 5.84. The monoisotopic (exact) mass is 292 g/mol. The van der Waals surface area contributed by atoms with Gasteiger partial charge in [-0.2, -0.15) is 26.3 Å². The minimum absolute atomic E-state index is 0.182. The van der Waals surface area contributed by atoms with Crippen LogP contribution < -0.4 is 0 Å². The van der Waals surface area contributed by atoms with Crippen LogP contribution in [0.5, 0.6) is 0 Å². The summed E-state index contributed by atoms with van der Waals surface area (Å²) in [6, 6.07) is 0. The quantitative estimate of drug-likeness (QED) is 0.568. The van der Waals surface area contributed by atoms with Gasteiger partial charge in [0.15, 0.2) is 0 Å². The van der Waals surface area contributed by atoms with Crippen LogP contribution in [-0.2, 0) is 9.53 Å². The van der Waals surface area contributed by atoms with E-state index in [4.69, 9.17) is 0 Å². The molecule has 0 amide bonds. The topological polar surface area (TPSA) is 26.3 Å². The van der Waals surface area contributed by atoms with E-state index in [1.807, 2.05) is 0 Å². The van der Waals surface area contributed by atoms with Gasteiger partial charge in [-0.15, -0.1) is 0 Å². The second-order valence-corrected chi connectivity index (χ2v) is 4.79. The van der Waals surface area contributed by atoms with Gasteiger partial charge in [0.05, 0.1) is 0 Å². The van der Waals surface area contributed by atoms with Crippen molar-refractivity contribution in [3.05, 3.63) is 0 Å². The fourth-order valence-corrected chi connectivity index (χ4v) is 1.84. The maximum Gasteiger partial charge on any atom is 0.413 e. The van der Waals surface area contributed by atoms with Gasteiger partial charge in [-0.3, -0.25) is 4.79 Å². The number of carbonyl (C=O) groups is 1. The van der Waals surface area contributed by atoms with Crippen molar-refractivity contribution in [1.82, 2.24) is 0 Å². The molecular weight excluding hydrogens is 278 g/mol. The van der Waals surface area contributed by atoms with E-state index >= 15 is 0 Å². The summed E-state index contributed by atoms with van der Waals surface area (Å²) in [5.41, 5.74) is -4.47. The summed E-state index contributed by atoms with van der Waals surface area (Å²) in [5, 5.41) is 0. The number of hydrogen-bond donors (Lipinski definition) is 0. The molecule has 1 saturated carbocycles. The van der Waals surface area contributed by atoms with Crippen LogP contribution in [0.3, 0.4) is 0 Å². The second kappa shape index (κ2) is 5.20. The molecule has 0 aromatic carbocycles. The standard InChI is InChI=1S/C11H14F6O2/c1-9(10(12,13)14,11(15,16)17)8(18)19-7-5-3-2-4-6-7/h7H,2-6H2,1H3. The van der Waals surface area contributed by atoms with Crippen molar-refractivity contribution in [2.24, 2.45) is 5.41 Å². The molecule has 0 radical (unpaired) electrons. The molecule has 0 spiro atoms. The predicted octanol–water partition coefficient (Wildman–Crippen LogP) is 3.99. The van der Waals surface area contributed by atoms with Crippen molar-refractivity contribution in [3.8, 4) is 0 Å². The van der Waals surface area contributed by atoms with Gasteiger partial charge in [0.25, 0.3) is 5.41 Å². The lowest BCUT2D eigenvalue weighted by Gasteiger charge is -2.33. The Kier molecular flexibility index (Phi) is 4.41. The molecule has 19 heavy (non-hydrogen) atoms. The van der Waals surface area contributed by atoms with Crippen LogP contribution in [-0.4, -0.2) is 24.4 Å². The molecule has 0 N–H and O–H groups in total. The summed E-state index contributed by atoms with van der Waals surface area (Å²) in [6.07, 6.45) is -9.63. The molecule has 0 bridgehead atoms. The van der Waals surface area contributed by atoms with Crippen LogP contribution in [0.25, 0.3) is 0 Å². The van der Waals surface area contributed by atoms with Gasteiger partial charge < -0.3 is 4.74 Å². The van der Waals surface area contributed by atoms with Crippen molar-refractivity contribution in [1.29, 1.82) is 0 Å². The first-order valence-corrected chi connectivity index (χ1v) is 5.84. The Labute approximate surface area is 106 Å². The van der Waals surface area contributed by atoms with Crippen LogP contribution in [0.1, 0.15) is 39.0 Å². The number of esters is 1. The molecule has 1 aliphatic carbocycles. The summed E-state index contributed by atoms with van der Waals surface area (Å²) in [7, 11) is 0. The van der Waals surface area contributed by atoms with Crippen molar-refractivity contribution in [2.75, 3.05) is 0 Å². The fraction of sp³-hybridized carbons (Fsp3) is 0.909. The highest BCUT2D eigenvalue weighted by Crippen LogP contribution is 2.51. The Morgan fingerprint density at radius 1 is 0.947 bits per heavy atom. The summed E-state index contributed by atoms with van der Waals surface area (Å²) in [5.74, 6) is -2.26. The number of rotatable bonds is 2. The number of alkyl halides is 6. The molecule has 8 heteroatoms. The Hall–Kier alpha value is -0.950. The summed E-state index contributed by atoms with van der Waals surface area (Å²) < 4.78 is 79.9. The second-order valence-electron chi connectivity index (χ2n) is 4.79. The highest BCUT2D eigenvalue weighted by molar-refractivity contribution is 5.78. The van der Waals surface area contributed by atoms with Gasteiger partial charge in [-0.05, 0) is 32.6 Å². The zero-order chi connectivity index (χ0) is 14.9. The zero-order valence-electron chi connectivity index (χ0n) is 10.2. The number of halogens is 6. The van der Waals surface area contributed by atoms with Gasteiger partial charge in [-0.25, -0.2) is 0 Å². The Balaban J connectivity index is 2.90. The lowest BCUT2D eigenvalue weighted by atomic mass is 9.88. The maximum atomic E-state index is 12.6. The lowest BCUT2D eigenvalue weighted by Crippen LogP contribution is -2.54. The number of hydrogen-bond acceptors (Lipinski definition) is 2. The van der Waals surface area contributed by atoms with Crippen LogP contribution in [0.15, 0.2) is 0 Å².